The maximum absolute atomic E-state index is 8.63. The highest BCUT2D eigenvalue weighted by Gasteiger charge is 2.02. The monoisotopic (exact) mass is 238 g/mol. The Kier molecular flexibility index (Phi) is 6.17. The average Bonchev–Trinajstić information content (AvgIpc) is 2.69. The molecule has 0 fully saturated rings. The molecular formula is C13H18O2S. The Morgan fingerprint density at radius 2 is 2.31 bits per heavy atom. The summed E-state index contributed by atoms with van der Waals surface area (Å²) in [6, 6.07) is 1.97. The molecule has 88 valence electrons. The van der Waals surface area contributed by atoms with Crippen LogP contribution in [0.5, 0.6) is 0 Å². The van der Waals surface area contributed by atoms with E-state index < -0.39 is 0 Å². The van der Waals surface area contributed by atoms with E-state index in [4.69, 9.17) is 9.84 Å². The van der Waals surface area contributed by atoms with E-state index in [0.29, 0.717) is 12.5 Å². The van der Waals surface area contributed by atoms with Crippen LogP contribution >= 0.6 is 11.3 Å². The standard InChI is InChI=1S/C13H18O2S/c1-11(2)5-8-15-10-13-12(4-3-7-14)6-9-16-13/h6,9,11,14H,5,7-8,10H2,1-2H3. The summed E-state index contributed by atoms with van der Waals surface area (Å²) >= 11 is 1.65. The quantitative estimate of drug-likeness (QED) is 0.631. The van der Waals surface area contributed by atoms with Crippen molar-refractivity contribution in [1.29, 1.82) is 0 Å². The Hall–Kier alpha value is -0.820. The molecule has 1 rings (SSSR count). The zero-order valence-corrected chi connectivity index (χ0v) is 10.6. The minimum Gasteiger partial charge on any atom is -0.384 e. The number of thiophene rings is 1. The molecule has 2 nitrogen and oxygen atoms in total. The first-order valence-corrected chi connectivity index (χ1v) is 6.36. The van der Waals surface area contributed by atoms with Gasteiger partial charge in [0.05, 0.1) is 6.61 Å². The van der Waals surface area contributed by atoms with Crippen molar-refractivity contribution >= 4 is 11.3 Å². The molecule has 0 radical (unpaired) electrons. The SMILES string of the molecule is CC(C)CCOCc1sccc1C#CCO. The van der Waals surface area contributed by atoms with Gasteiger partial charge in [0, 0.05) is 17.0 Å². The number of aliphatic hydroxyl groups excluding tert-OH is 1. The Labute approximate surface area is 101 Å². The van der Waals surface area contributed by atoms with Crippen molar-refractivity contribution in [3.05, 3.63) is 21.9 Å². The van der Waals surface area contributed by atoms with Gasteiger partial charge in [-0.1, -0.05) is 25.7 Å². The molecular weight excluding hydrogens is 220 g/mol. The Morgan fingerprint density at radius 1 is 1.50 bits per heavy atom. The van der Waals surface area contributed by atoms with Gasteiger partial charge in [-0.15, -0.1) is 11.3 Å². The molecule has 1 heterocycles. The molecule has 0 aliphatic heterocycles. The van der Waals surface area contributed by atoms with Crippen LogP contribution in [0, 0.1) is 17.8 Å². The van der Waals surface area contributed by atoms with Gasteiger partial charge >= 0.3 is 0 Å². The van der Waals surface area contributed by atoms with Gasteiger partial charge in [-0.05, 0) is 23.8 Å². The van der Waals surface area contributed by atoms with Crippen LogP contribution in [-0.2, 0) is 11.3 Å². The molecule has 0 aliphatic rings. The topological polar surface area (TPSA) is 29.5 Å². The summed E-state index contributed by atoms with van der Waals surface area (Å²) in [7, 11) is 0. The summed E-state index contributed by atoms with van der Waals surface area (Å²) in [5.74, 6) is 6.26. The summed E-state index contributed by atoms with van der Waals surface area (Å²) in [5.41, 5.74) is 0.976. The summed E-state index contributed by atoms with van der Waals surface area (Å²) in [6.07, 6.45) is 1.09. The van der Waals surface area contributed by atoms with E-state index in [-0.39, 0.29) is 6.61 Å². The van der Waals surface area contributed by atoms with Gasteiger partial charge in [-0.2, -0.15) is 0 Å². The highest BCUT2D eigenvalue weighted by Crippen LogP contribution is 2.17. The molecule has 1 N–H and O–H groups in total. The molecule has 16 heavy (non-hydrogen) atoms. The Balaban J connectivity index is 2.39. The van der Waals surface area contributed by atoms with Crippen LogP contribution in [0.15, 0.2) is 11.4 Å². The fourth-order valence-corrected chi connectivity index (χ4v) is 1.95. The molecule has 0 atom stereocenters. The van der Waals surface area contributed by atoms with Gasteiger partial charge in [0.1, 0.15) is 6.61 Å². The highest BCUT2D eigenvalue weighted by molar-refractivity contribution is 7.10. The first-order chi connectivity index (χ1) is 7.74. The summed E-state index contributed by atoms with van der Waals surface area (Å²) in [5, 5.41) is 10.6. The summed E-state index contributed by atoms with van der Waals surface area (Å²) in [6.45, 7) is 5.70. The molecule has 0 aliphatic carbocycles. The maximum atomic E-state index is 8.63. The van der Waals surface area contributed by atoms with Crippen molar-refractivity contribution in [1.82, 2.24) is 0 Å². The number of hydrogen-bond acceptors (Lipinski definition) is 3. The lowest BCUT2D eigenvalue weighted by molar-refractivity contribution is 0.112. The minimum absolute atomic E-state index is 0.0938. The molecule has 0 saturated carbocycles. The Morgan fingerprint density at radius 3 is 3.00 bits per heavy atom. The van der Waals surface area contributed by atoms with Crippen molar-refractivity contribution in [2.75, 3.05) is 13.2 Å². The third-order valence-corrected chi connectivity index (χ3v) is 3.01. The third-order valence-electron chi connectivity index (χ3n) is 2.12. The van der Waals surface area contributed by atoms with Crippen LogP contribution in [-0.4, -0.2) is 18.3 Å². The summed E-state index contributed by atoms with van der Waals surface area (Å²) in [4.78, 5) is 1.14. The molecule has 0 spiro atoms. The molecule has 3 heteroatoms. The zero-order valence-electron chi connectivity index (χ0n) is 9.82. The van der Waals surface area contributed by atoms with E-state index in [1.807, 2.05) is 11.4 Å². The van der Waals surface area contributed by atoms with Crippen LogP contribution in [0.1, 0.15) is 30.7 Å². The molecule has 0 unspecified atom stereocenters. The van der Waals surface area contributed by atoms with Gasteiger partial charge in [0.15, 0.2) is 0 Å². The van der Waals surface area contributed by atoms with E-state index in [2.05, 4.69) is 25.7 Å². The van der Waals surface area contributed by atoms with Crippen LogP contribution in [0.4, 0.5) is 0 Å². The molecule has 0 aromatic carbocycles. The largest absolute Gasteiger partial charge is 0.384 e. The fourth-order valence-electron chi connectivity index (χ4n) is 1.18. The van der Waals surface area contributed by atoms with Crippen molar-refractivity contribution in [3.8, 4) is 11.8 Å². The number of aliphatic hydroxyl groups is 1. The number of rotatable bonds is 5. The number of hydrogen-bond donors (Lipinski definition) is 1. The molecule has 1 aromatic rings. The van der Waals surface area contributed by atoms with E-state index in [1.165, 1.54) is 0 Å². The van der Waals surface area contributed by atoms with Gasteiger partial charge in [0.2, 0.25) is 0 Å². The second-order valence-corrected chi connectivity index (χ2v) is 4.95. The first-order valence-electron chi connectivity index (χ1n) is 5.48. The predicted molar refractivity (Wildman–Crippen MR) is 67.4 cm³/mol. The van der Waals surface area contributed by atoms with Crippen LogP contribution in [0.3, 0.4) is 0 Å². The lowest BCUT2D eigenvalue weighted by atomic mass is 10.1. The normalized spacial score (nSPS) is 10.2. The van der Waals surface area contributed by atoms with Crippen LogP contribution in [0.25, 0.3) is 0 Å². The van der Waals surface area contributed by atoms with E-state index >= 15 is 0 Å². The Bertz CT molecular complexity index is 357. The van der Waals surface area contributed by atoms with E-state index in [9.17, 15) is 0 Å². The molecule has 0 saturated heterocycles. The lowest BCUT2D eigenvalue weighted by Crippen LogP contribution is -1.99. The lowest BCUT2D eigenvalue weighted by Gasteiger charge is -2.05. The number of ether oxygens (including phenoxy) is 1. The van der Waals surface area contributed by atoms with E-state index in [1.54, 1.807) is 11.3 Å². The van der Waals surface area contributed by atoms with Gasteiger partial charge in [-0.25, -0.2) is 0 Å². The van der Waals surface area contributed by atoms with Crippen molar-refractivity contribution < 1.29 is 9.84 Å². The van der Waals surface area contributed by atoms with Crippen molar-refractivity contribution in [3.63, 3.8) is 0 Å². The predicted octanol–water partition coefficient (Wildman–Crippen LogP) is 2.65. The van der Waals surface area contributed by atoms with Crippen molar-refractivity contribution in [2.24, 2.45) is 5.92 Å². The fraction of sp³-hybridized carbons (Fsp3) is 0.538. The highest BCUT2D eigenvalue weighted by atomic mass is 32.1. The maximum Gasteiger partial charge on any atom is 0.104 e. The summed E-state index contributed by atoms with van der Waals surface area (Å²) < 4.78 is 5.59. The van der Waals surface area contributed by atoms with Gasteiger partial charge < -0.3 is 9.84 Å². The van der Waals surface area contributed by atoms with E-state index in [0.717, 1.165) is 23.5 Å². The van der Waals surface area contributed by atoms with Crippen LogP contribution < -0.4 is 0 Å². The second kappa shape index (κ2) is 7.45. The van der Waals surface area contributed by atoms with Crippen LogP contribution in [0.2, 0.25) is 0 Å². The van der Waals surface area contributed by atoms with Gasteiger partial charge in [0.25, 0.3) is 0 Å². The minimum atomic E-state index is -0.0938. The molecule has 1 aromatic heterocycles. The van der Waals surface area contributed by atoms with Gasteiger partial charge in [-0.3, -0.25) is 0 Å². The smallest absolute Gasteiger partial charge is 0.104 e. The van der Waals surface area contributed by atoms with Crippen molar-refractivity contribution in [2.45, 2.75) is 26.9 Å². The average molecular weight is 238 g/mol. The molecule has 0 amide bonds. The zero-order chi connectivity index (χ0) is 11.8. The third kappa shape index (κ3) is 4.80. The molecule has 0 bridgehead atoms. The second-order valence-electron chi connectivity index (χ2n) is 3.95. The first kappa shape index (κ1) is 13.2.